The van der Waals surface area contributed by atoms with Crippen molar-refractivity contribution >= 4 is 17.5 Å². The molecule has 0 aliphatic carbocycles. The summed E-state index contributed by atoms with van der Waals surface area (Å²) in [4.78, 5) is 8.54. The molecule has 6 nitrogen and oxygen atoms in total. The molecule has 1 aromatic carbocycles. The van der Waals surface area contributed by atoms with Crippen molar-refractivity contribution in [3.8, 4) is 0 Å². The van der Waals surface area contributed by atoms with Crippen LogP contribution in [0.3, 0.4) is 0 Å². The molecular formula is C19H22N6. The van der Waals surface area contributed by atoms with Crippen LogP contribution in [0.2, 0.25) is 0 Å². The lowest BCUT2D eigenvalue weighted by Crippen LogP contribution is -2.07. The predicted molar refractivity (Wildman–Crippen MR) is 99.9 cm³/mol. The summed E-state index contributed by atoms with van der Waals surface area (Å²) < 4.78 is 0. The number of pyridine rings is 1. The third-order valence-electron chi connectivity index (χ3n) is 4.01. The van der Waals surface area contributed by atoms with Crippen LogP contribution in [0.5, 0.6) is 0 Å². The minimum absolute atomic E-state index is 0.494. The number of nitrogens with zero attached hydrogens (tertiary/aromatic N) is 4. The number of aromatic nitrogens is 4. The minimum atomic E-state index is 0.494. The van der Waals surface area contributed by atoms with Gasteiger partial charge in [0.15, 0.2) is 5.82 Å². The monoisotopic (exact) mass is 334 g/mol. The number of anilines is 3. The Bertz CT molecular complexity index is 797. The molecule has 0 aliphatic rings. The molecule has 0 unspecified atom stereocenters. The van der Waals surface area contributed by atoms with E-state index >= 15 is 0 Å². The number of nitrogens with one attached hydrogen (secondary N) is 2. The number of aryl methyl sites for hydroxylation is 2. The van der Waals surface area contributed by atoms with E-state index in [1.54, 1.807) is 18.6 Å². The number of para-hydroxylation sites is 1. The SMILES string of the molecule is CCc1cccc(CC)c1Nc1cnnc(NCc2ccncc2)n1. The maximum Gasteiger partial charge on any atom is 0.244 e. The quantitative estimate of drug-likeness (QED) is 0.685. The molecule has 3 rings (SSSR count). The van der Waals surface area contributed by atoms with E-state index in [1.165, 1.54) is 11.1 Å². The van der Waals surface area contributed by atoms with Crippen molar-refractivity contribution in [1.29, 1.82) is 0 Å². The minimum Gasteiger partial charge on any atom is -0.349 e. The van der Waals surface area contributed by atoms with Crippen molar-refractivity contribution in [2.45, 2.75) is 33.2 Å². The highest BCUT2D eigenvalue weighted by Gasteiger charge is 2.08. The molecule has 2 aromatic heterocycles. The second kappa shape index (κ2) is 8.19. The summed E-state index contributed by atoms with van der Waals surface area (Å²) in [5.41, 5.74) is 4.77. The molecule has 0 spiro atoms. The standard InChI is InChI=1S/C19H22N6/c1-3-15-6-5-7-16(4-2)18(15)23-17-13-22-25-19(24-17)21-12-14-8-10-20-11-9-14/h5-11,13H,3-4,12H2,1-2H3,(H2,21,23,24,25). The van der Waals surface area contributed by atoms with E-state index in [4.69, 9.17) is 0 Å². The van der Waals surface area contributed by atoms with Gasteiger partial charge < -0.3 is 10.6 Å². The number of rotatable bonds is 7. The van der Waals surface area contributed by atoms with Crippen LogP contribution >= 0.6 is 0 Å². The van der Waals surface area contributed by atoms with Crippen LogP contribution in [-0.4, -0.2) is 20.2 Å². The highest BCUT2D eigenvalue weighted by molar-refractivity contribution is 5.65. The second-order valence-electron chi connectivity index (χ2n) is 5.66. The maximum atomic E-state index is 4.52. The lowest BCUT2D eigenvalue weighted by molar-refractivity contribution is 0.946. The smallest absolute Gasteiger partial charge is 0.244 e. The fraction of sp³-hybridized carbons (Fsp3) is 0.263. The van der Waals surface area contributed by atoms with Gasteiger partial charge in [0.05, 0.1) is 6.20 Å². The lowest BCUT2D eigenvalue weighted by Gasteiger charge is -2.15. The van der Waals surface area contributed by atoms with Gasteiger partial charge in [0.1, 0.15) is 0 Å². The van der Waals surface area contributed by atoms with E-state index in [1.807, 2.05) is 12.1 Å². The Kier molecular flexibility index (Phi) is 5.51. The lowest BCUT2D eigenvalue weighted by atomic mass is 10.0. The summed E-state index contributed by atoms with van der Waals surface area (Å²) in [6.07, 6.45) is 7.09. The van der Waals surface area contributed by atoms with Crippen LogP contribution in [0.25, 0.3) is 0 Å². The van der Waals surface area contributed by atoms with Crippen molar-refractivity contribution in [2.75, 3.05) is 10.6 Å². The Morgan fingerprint density at radius 3 is 2.36 bits per heavy atom. The topological polar surface area (TPSA) is 75.6 Å². The number of benzene rings is 1. The Labute approximate surface area is 147 Å². The van der Waals surface area contributed by atoms with E-state index in [2.05, 4.69) is 62.8 Å². The van der Waals surface area contributed by atoms with Crippen molar-refractivity contribution in [2.24, 2.45) is 0 Å². The zero-order valence-corrected chi connectivity index (χ0v) is 14.5. The molecule has 0 atom stereocenters. The molecule has 2 N–H and O–H groups in total. The van der Waals surface area contributed by atoms with Gasteiger partial charge >= 0.3 is 0 Å². The van der Waals surface area contributed by atoms with Gasteiger partial charge in [0.2, 0.25) is 5.95 Å². The van der Waals surface area contributed by atoms with Crippen molar-refractivity contribution in [3.63, 3.8) is 0 Å². The highest BCUT2D eigenvalue weighted by Crippen LogP contribution is 2.25. The third-order valence-corrected chi connectivity index (χ3v) is 4.01. The van der Waals surface area contributed by atoms with Gasteiger partial charge in [0, 0.05) is 24.6 Å². The summed E-state index contributed by atoms with van der Waals surface area (Å²) >= 11 is 0. The van der Waals surface area contributed by atoms with E-state index in [0.29, 0.717) is 18.3 Å². The fourth-order valence-electron chi connectivity index (χ4n) is 2.65. The maximum absolute atomic E-state index is 4.52. The van der Waals surface area contributed by atoms with Crippen molar-refractivity contribution in [3.05, 3.63) is 65.6 Å². The first-order valence-electron chi connectivity index (χ1n) is 8.50. The average Bonchev–Trinajstić information content (AvgIpc) is 2.67. The first kappa shape index (κ1) is 16.8. The van der Waals surface area contributed by atoms with Crippen LogP contribution in [0.1, 0.15) is 30.5 Å². The molecule has 6 heteroatoms. The van der Waals surface area contributed by atoms with E-state index in [9.17, 15) is 0 Å². The van der Waals surface area contributed by atoms with Crippen molar-refractivity contribution < 1.29 is 0 Å². The van der Waals surface area contributed by atoms with Crippen LogP contribution in [-0.2, 0) is 19.4 Å². The molecule has 0 amide bonds. The van der Waals surface area contributed by atoms with Gasteiger partial charge in [-0.3, -0.25) is 4.98 Å². The molecule has 0 aliphatic heterocycles. The van der Waals surface area contributed by atoms with Gasteiger partial charge in [-0.05, 0) is 41.7 Å². The molecule has 0 saturated heterocycles. The zero-order valence-electron chi connectivity index (χ0n) is 14.5. The number of hydrogen-bond acceptors (Lipinski definition) is 6. The number of hydrogen-bond donors (Lipinski definition) is 2. The summed E-state index contributed by atoms with van der Waals surface area (Å²) in [7, 11) is 0. The Balaban J connectivity index is 1.76. The van der Waals surface area contributed by atoms with Gasteiger partial charge in [0.25, 0.3) is 0 Å². The predicted octanol–water partition coefficient (Wildman–Crippen LogP) is 3.75. The molecule has 0 fully saturated rings. The highest BCUT2D eigenvalue weighted by atomic mass is 15.3. The third kappa shape index (κ3) is 4.29. The normalized spacial score (nSPS) is 10.5. The first-order chi connectivity index (χ1) is 12.3. The fourth-order valence-corrected chi connectivity index (χ4v) is 2.65. The molecule has 0 radical (unpaired) electrons. The van der Waals surface area contributed by atoms with E-state index < -0.39 is 0 Å². The largest absolute Gasteiger partial charge is 0.349 e. The summed E-state index contributed by atoms with van der Waals surface area (Å²) in [5.74, 6) is 1.18. The van der Waals surface area contributed by atoms with Gasteiger partial charge in [-0.25, -0.2) is 0 Å². The summed E-state index contributed by atoms with van der Waals surface area (Å²) in [5, 5.41) is 14.7. The van der Waals surface area contributed by atoms with Crippen LogP contribution < -0.4 is 10.6 Å². The summed E-state index contributed by atoms with van der Waals surface area (Å²) in [6, 6.07) is 10.3. The molecule has 25 heavy (non-hydrogen) atoms. The Morgan fingerprint density at radius 1 is 0.960 bits per heavy atom. The van der Waals surface area contributed by atoms with E-state index in [0.717, 1.165) is 24.1 Å². The average molecular weight is 334 g/mol. The van der Waals surface area contributed by atoms with Crippen molar-refractivity contribution in [1.82, 2.24) is 20.2 Å². The Hall–Kier alpha value is -3.02. The van der Waals surface area contributed by atoms with E-state index in [-0.39, 0.29) is 0 Å². The van der Waals surface area contributed by atoms with Crippen LogP contribution in [0.15, 0.2) is 48.9 Å². The molecule has 2 heterocycles. The van der Waals surface area contributed by atoms with Gasteiger partial charge in [-0.1, -0.05) is 32.0 Å². The zero-order chi connectivity index (χ0) is 17.5. The van der Waals surface area contributed by atoms with Crippen LogP contribution in [0.4, 0.5) is 17.5 Å². The molecule has 0 saturated carbocycles. The molecular weight excluding hydrogens is 312 g/mol. The summed E-state index contributed by atoms with van der Waals surface area (Å²) in [6.45, 7) is 4.93. The van der Waals surface area contributed by atoms with Gasteiger partial charge in [-0.2, -0.15) is 10.1 Å². The first-order valence-corrected chi connectivity index (χ1v) is 8.50. The molecule has 128 valence electrons. The second-order valence-corrected chi connectivity index (χ2v) is 5.66. The van der Waals surface area contributed by atoms with Crippen LogP contribution in [0, 0.1) is 0 Å². The molecule has 3 aromatic rings. The molecule has 0 bridgehead atoms. The van der Waals surface area contributed by atoms with Gasteiger partial charge in [-0.15, -0.1) is 5.10 Å². The Morgan fingerprint density at radius 2 is 1.68 bits per heavy atom.